The molecular formula is C45H46IrN3O2-. The minimum Gasteiger partial charge on any atom is -0.512 e. The summed E-state index contributed by atoms with van der Waals surface area (Å²) in [5.74, 6) is 0.286. The molecule has 0 aliphatic heterocycles. The molecule has 0 bridgehead atoms. The number of para-hydroxylation sites is 1. The van der Waals surface area contributed by atoms with Gasteiger partial charge in [0.05, 0.1) is 5.52 Å². The van der Waals surface area contributed by atoms with Crippen molar-refractivity contribution < 1.29 is 30.0 Å². The molecule has 0 spiro atoms. The Balaban J connectivity index is 0.000000242. The Labute approximate surface area is 314 Å². The van der Waals surface area contributed by atoms with E-state index in [-0.39, 0.29) is 42.5 Å². The Morgan fingerprint density at radius 2 is 1.31 bits per heavy atom. The third-order valence-electron chi connectivity index (χ3n) is 11.0. The smallest absolute Gasteiger partial charge is 0.164 e. The summed E-state index contributed by atoms with van der Waals surface area (Å²) in [5, 5.41) is 17.1. The number of aliphatic hydroxyl groups excluding tert-OH is 1. The third kappa shape index (κ3) is 7.00. The zero-order valence-corrected chi connectivity index (χ0v) is 32.7. The van der Waals surface area contributed by atoms with E-state index >= 15 is 0 Å². The fourth-order valence-corrected chi connectivity index (χ4v) is 6.67. The van der Waals surface area contributed by atoms with E-state index in [9.17, 15) is 9.90 Å². The Hall–Kier alpha value is -4.64. The van der Waals surface area contributed by atoms with Gasteiger partial charge in [-0.1, -0.05) is 120 Å². The quantitative estimate of drug-likeness (QED) is 0.0892. The van der Waals surface area contributed by atoms with Crippen LogP contribution >= 0.6 is 0 Å². The van der Waals surface area contributed by atoms with Gasteiger partial charge in [-0.15, -0.1) is 29.1 Å². The van der Waals surface area contributed by atoms with Crippen molar-refractivity contribution in [3.8, 4) is 16.9 Å². The fourth-order valence-electron chi connectivity index (χ4n) is 6.67. The van der Waals surface area contributed by atoms with E-state index in [4.69, 9.17) is 9.97 Å². The molecule has 0 aliphatic carbocycles. The van der Waals surface area contributed by atoms with E-state index in [1.165, 1.54) is 27.6 Å². The molecule has 2 heterocycles. The van der Waals surface area contributed by atoms with Crippen LogP contribution in [0.25, 0.3) is 60.4 Å². The summed E-state index contributed by atoms with van der Waals surface area (Å²) in [6, 6.07) is 39.3. The summed E-state index contributed by atoms with van der Waals surface area (Å²) in [6.07, 6.45) is 6.43. The van der Waals surface area contributed by atoms with Crippen LogP contribution in [0.3, 0.4) is 0 Å². The maximum Gasteiger partial charge on any atom is 0.164 e. The van der Waals surface area contributed by atoms with Crippen LogP contribution in [0, 0.1) is 16.9 Å². The van der Waals surface area contributed by atoms with Crippen LogP contribution in [-0.2, 0) is 24.9 Å². The number of ketones is 1. The van der Waals surface area contributed by atoms with Gasteiger partial charge in [0.1, 0.15) is 17.7 Å². The van der Waals surface area contributed by atoms with Crippen molar-refractivity contribution in [1.82, 2.24) is 14.5 Å². The molecule has 7 rings (SSSR count). The average Bonchev–Trinajstić information content (AvgIpc) is 3.52. The minimum atomic E-state index is -0.337. The number of hydrogen-bond acceptors (Lipinski definition) is 4. The first kappa shape index (κ1) is 37.6. The van der Waals surface area contributed by atoms with Gasteiger partial charge in [0.2, 0.25) is 0 Å². The Bertz CT molecular complexity index is 2330. The van der Waals surface area contributed by atoms with Crippen molar-refractivity contribution in [3.05, 3.63) is 127 Å². The zero-order chi connectivity index (χ0) is 35.5. The number of benzene rings is 5. The summed E-state index contributed by atoms with van der Waals surface area (Å²) < 4.78 is 2.24. The van der Waals surface area contributed by atoms with E-state index in [1.54, 1.807) is 6.33 Å². The number of nitrogens with zero attached hydrogens (tertiary/aromatic N) is 3. The molecule has 1 N–H and O–H groups in total. The van der Waals surface area contributed by atoms with Gasteiger partial charge < -0.3 is 5.11 Å². The van der Waals surface area contributed by atoms with Crippen molar-refractivity contribution in [2.75, 3.05) is 0 Å². The Kier molecular flexibility index (Phi) is 11.6. The second-order valence-corrected chi connectivity index (χ2v) is 13.6. The zero-order valence-electron chi connectivity index (χ0n) is 30.3. The standard InChI is InChI=1S/C30H18N3.C15H28O2.Ir/c1-2-12-22(13-3-1)33-26-18-17-21-10-5-7-15-24(21)27(26)28-29(31-19-32-30(28)33)25-16-8-11-20-9-4-6-14-23(20)25;1-7-14(5,8-2)12(16)11-13(17)15(6,9-3)10-4;/h1-15,17-19H;11,16H,7-10H2,1-6H3;/q-1;;/b;12-11-;. The van der Waals surface area contributed by atoms with Gasteiger partial charge in [0.25, 0.3) is 0 Å². The monoisotopic (exact) mass is 853 g/mol. The SMILES string of the molecule is CCC(C)(CC)C(=O)/C=C(\O)C(C)(CC)CC.[Ir].[c-]1ccc2ccccc2c1-c1ncnc2c1c1c3ccccc3ccc1n2-c1ccccc1. The van der Waals surface area contributed by atoms with Crippen molar-refractivity contribution in [2.24, 2.45) is 10.8 Å². The second-order valence-electron chi connectivity index (χ2n) is 13.6. The van der Waals surface area contributed by atoms with Crippen molar-refractivity contribution in [1.29, 1.82) is 0 Å². The first-order valence-electron chi connectivity index (χ1n) is 17.8. The van der Waals surface area contributed by atoms with E-state index in [1.807, 2.05) is 53.7 Å². The molecule has 51 heavy (non-hydrogen) atoms. The third-order valence-corrected chi connectivity index (χ3v) is 11.0. The van der Waals surface area contributed by atoms with Crippen LogP contribution in [0.4, 0.5) is 0 Å². The number of hydrogen-bond donors (Lipinski definition) is 1. The summed E-state index contributed by atoms with van der Waals surface area (Å²) in [5.41, 5.74) is 4.41. The normalized spacial score (nSPS) is 12.2. The predicted molar refractivity (Wildman–Crippen MR) is 209 cm³/mol. The van der Waals surface area contributed by atoms with Gasteiger partial charge in [-0.3, -0.25) is 14.3 Å². The molecule has 263 valence electrons. The van der Waals surface area contributed by atoms with Crippen LogP contribution < -0.4 is 0 Å². The Morgan fingerprint density at radius 1 is 0.725 bits per heavy atom. The summed E-state index contributed by atoms with van der Waals surface area (Å²) in [6.45, 7) is 12.1. The number of carbonyl (C=O) groups is 1. The number of fused-ring (bicyclic) bond motifs is 6. The number of carbonyl (C=O) groups excluding carboxylic acids is 1. The first-order valence-corrected chi connectivity index (χ1v) is 17.8. The molecule has 0 aliphatic rings. The molecule has 5 aromatic carbocycles. The van der Waals surface area contributed by atoms with Crippen LogP contribution in [0.15, 0.2) is 121 Å². The van der Waals surface area contributed by atoms with Crippen LogP contribution in [-0.4, -0.2) is 25.4 Å². The topological polar surface area (TPSA) is 68.0 Å². The molecular weight excluding hydrogens is 807 g/mol. The van der Waals surface area contributed by atoms with E-state index < -0.39 is 0 Å². The molecule has 0 saturated heterocycles. The van der Waals surface area contributed by atoms with E-state index in [2.05, 4.69) is 102 Å². The first-order chi connectivity index (χ1) is 24.2. The second kappa shape index (κ2) is 15.7. The summed E-state index contributed by atoms with van der Waals surface area (Å²) in [7, 11) is 0. The minimum absolute atomic E-state index is 0. The summed E-state index contributed by atoms with van der Waals surface area (Å²) in [4.78, 5) is 21.8. The predicted octanol–water partition coefficient (Wildman–Crippen LogP) is 12.0. The van der Waals surface area contributed by atoms with Gasteiger partial charge in [0, 0.05) is 59.2 Å². The fraction of sp³-hybridized carbons (Fsp3) is 0.267. The van der Waals surface area contributed by atoms with Crippen LogP contribution in [0.2, 0.25) is 0 Å². The maximum absolute atomic E-state index is 12.2. The molecule has 0 saturated carbocycles. The summed E-state index contributed by atoms with van der Waals surface area (Å²) >= 11 is 0. The van der Waals surface area contributed by atoms with Crippen molar-refractivity contribution >= 4 is 49.3 Å². The molecule has 5 nitrogen and oxygen atoms in total. The molecule has 0 fully saturated rings. The number of aliphatic hydroxyl groups is 1. The molecule has 0 atom stereocenters. The van der Waals surface area contributed by atoms with Crippen molar-refractivity contribution in [2.45, 2.75) is 67.2 Å². The van der Waals surface area contributed by atoms with Gasteiger partial charge in [0.15, 0.2) is 5.78 Å². The molecule has 2 aromatic heterocycles. The number of allylic oxidation sites excluding steroid dienone is 2. The van der Waals surface area contributed by atoms with Crippen LogP contribution in [0.5, 0.6) is 0 Å². The molecule has 0 unspecified atom stereocenters. The number of rotatable bonds is 9. The average molecular weight is 853 g/mol. The Morgan fingerprint density at radius 3 is 1.96 bits per heavy atom. The van der Waals surface area contributed by atoms with Gasteiger partial charge in [-0.2, -0.15) is 0 Å². The number of aromatic nitrogens is 3. The molecule has 6 heteroatoms. The van der Waals surface area contributed by atoms with E-state index in [0.29, 0.717) is 0 Å². The van der Waals surface area contributed by atoms with Gasteiger partial charge in [-0.05, 0) is 54.7 Å². The van der Waals surface area contributed by atoms with Crippen LogP contribution in [0.1, 0.15) is 67.2 Å². The van der Waals surface area contributed by atoms with Gasteiger partial charge in [-0.25, -0.2) is 4.98 Å². The molecule has 1 radical (unpaired) electrons. The maximum atomic E-state index is 12.2. The van der Waals surface area contributed by atoms with E-state index in [0.717, 1.165) is 64.6 Å². The van der Waals surface area contributed by atoms with Gasteiger partial charge >= 0.3 is 0 Å². The van der Waals surface area contributed by atoms with Crippen molar-refractivity contribution in [3.63, 3.8) is 0 Å². The molecule has 0 amide bonds. The largest absolute Gasteiger partial charge is 0.512 e. The molecule has 7 aromatic rings.